The third-order valence-corrected chi connectivity index (χ3v) is 2.83. The molecule has 0 radical (unpaired) electrons. The minimum absolute atomic E-state index is 0.0110. The van der Waals surface area contributed by atoms with Crippen LogP contribution in [0.2, 0.25) is 0 Å². The number of rotatable bonds is 2. The first-order valence-corrected chi connectivity index (χ1v) is 5.72. The number of aromatic amines is 1. The fraction of sp³-hybridized carbons (Fsp3) is 0.0714. The smallest absolute Gasteiger partial charge is 0.361 e. The van der Waals surface area contributed by atoms with Gasteiger partial charge in [-0.3, -0.25) is 10.2 Å². The highest BCUT2D eigenvalue weighted by atomic mass is 19.4. The zero-order valence-electron chi connectivity index (χ0n) is 10.5. The monoisotopic (exact) mass is 291 g/mol. The summed E-state index contributed by atoms with van der Waals surface area (Å²) in [7, 11) is 0. The second kappa shape index (κ2) is 5.25. The van der Waals surface area contributed by atoms with E-state index in [9.17, 15) is 18.0 Å². The average molecular weight is 291 g/mol. The molecule has 2 aromatic rings. The maximum absolute atomic E-state index is 12.7. The van der Waals surface area contributed by atoms with Gasteiger partial charge < -0.3 is 4.98 Å². The largest absolute Gasteiger partial charge is 0.433 e. The number of alkyl halides is 3. The van der Waals surface area contributed by atoms with Crippen molar-refractivity contribution in [2.24, 2.45) is 0 Å². The molecular formula is C14H8F3N3O. The van der Waals surface area contributed by atoms with Gasteiger partial charge in [-0.05, 0) is 17.7 Å². The van der Waals surface area contributed by atoms with Crippen molar-refractivity contribution in [1.29, 1.82) is 10.7 Å². The Morgan fingerprint density at radius 2 is 2.05 bits per heavy atom. The van der Waals surface area contributed by atoms with Crippen molar-refractivity contribution in [3.05, 3.63) is 52.3 Å². The fourth-order valence-electron chi connectivity index (χ4n) is 1.86. The lowest BCUT2D eigenvalue weighted by atomic mass is 9.98. The van der Waals surface area contributed by atoms with Gasteiger partial charge in [0.15, 0.2) is 5.43 Å². The van der Waals surface area contributed by atoms with Crippen LogP contribution in [0.15, 0.2) is 41.3 Å². The van der Waals surface area contributed by atoms with Crippen molar-refractivity contribution in [3.8, 4) is 6.07 Å². The highest BCUT2D eigenvalue weighted by Gasteiger charge is 2.37. The van der Waals surface area contributed by atoms with Gasteiger partial charge in [0, 0.05) is 34.8 Å². The number of hydrogen-bond acceptors (Lipinski definition) is 3. The summed E-state index contributed by atoms with van der Waals surface area (Å²) in [6.07, 6.45) is -2.80. The van der Waals surface area contributed by atoms with Crippen molar-refractivity contribution >= 4 is 22.2 Å². The Morgan fingerprint density at radius 3 is 2.67 bits per heavy atom. The van der Waals surface area contributed by atoms with E-state index < -0.39 is 17.5 Å². The number of hydrogen-bond donors (Lipinski definition) is 2. The van der Waals surface area contributed by atoms with Gasteiger partial charge in [-0.25, -0.2) is 0 Å². The first-order chi connectivity index (χ1) is 9.84. The summed E-state index contributed by atoms with van der Waals surface area (Å²) < 4.78 is 38.0. The first kappa shape index (κ1) is 14.5. The molecule has 0 atom stereocenters. The van der Waals surface area contributed by atoms with Crippen LogP contribution in [0.3, 0.4) is 0 Å². The second-order valence-electron chi connectivity index (χ2n) is 4.16. The Kier molecular flexibility index (Phi) is 3.63. The number of fused-ring (bicyclic) bond motifs is 1. The Hall–Kier alpha value is -2.88. The quantitative estimate of drug-likeness (QED) is 0.658. The third-order valence-electron chi connectivity index (χ3n) is 2.83. The van der Waals surface area contributed by atoms with E-state index in [1.165, 1.54) is 36.5 Å². The highest BCUT2D eigenvalue weighted by molar-refractivity contribution is 6.25. The van der Waals surface area contributed by atoms with Crippen LogP contribution in [0.25, 0.3) is 16.5 Å². The summed E-state index contributed by atoms with van der Waals surface area (Å²) in [6, 6.07) is 6.72. The normalized spacial score (nSPS) is 12.2. The Labute approximate surface area is 116 Å². The van der Waals surface area contributed by atoms with E-state index in [1.54, 1.807) is 0 Å². The predicted octanol–water partition coefficient (Wildman–Crippen LogP) is 3.02. The van der Waals surface area contributed by atoms with E-state index in [0.717, 1.165) is 0 Å². The van der Waals surface area contributed by atoms with Crippen LogP contribution in [-0.2, 0) is 0 Å². The van der Waals surface area contributed by atoms with E-state index in [2.05, 4.69) is 4.98 Å². The zero-order chi connectivity index (χ0) is 15.6. The number of nitriles is 1. The molecule has 0 aliphatic carbocycles. The topological polar surface area (TPSA) is 80.5 Å². The predicted molar refractivity (Wildman–Crippen MR) is 71.9 cm³/mol. The minimum Gasteiger partial charge on any atom is -0.361 e. The molecule has 21 heavy (non-hydrogen) atoms. The lowest BCUT2D eigenvalue weighted by molar-refractivity contribution is -0.0578. The molecule has 4 nitrogen and oxygen atoms in total. The number of nitrogens with one attached hydrogen (secondary N) is 2. The molecule has 2 N–H and O–H groups in total. The van der Waals surface area contributed by atoms with Crippen LogP contribution in [0.5, 0.6) is 0 Å². The van der Waals surface area contributed by atoms with Crippen LogP contribution < -0.4 is 5.43 Å². The standard InChI is InChI=1S/C14H8F3N3O/c15-14(16,17)13(19)9(3-5-18)8-1-2-11-10(7-8)12(21)4-6-20-11/h1-4,6-7,19H,(H,20,21)/b9-3-,19-13?. The van der Waals surface area contributed by atoms with Crippen LogP contribution in [0.1, 0.15) is 5.56 Å². The summed E-state index contributed by atoms with van der Waals surface area (Å²) >= 11 is 0. The minimum atomic E-state index is -4.87. The number of aromatic nitrogens is 1. The van der Waals surface area contributed by atoms with Gasteiger partial charge in [-0.1, -0.05) is 6.07 Å². The van der Waals surface area contributed by atoms with Gasteiger partial charge in [-0.15, -0.1) is 0 Å². The zero-order valence-corrected chi connectivity index (χ0v) is 10.5. The summed E-state index contributed by atoms with van der Waals surface area (Å²) in [5.74, 6) is 0. The molecule has 0 saturated heterocycles. The first-order valence-electron chi connectivity index (χ1n) is 5.72. The molecule has 0 bridgehead atoms. The Morgan fingerprint density at radius 1 is 1.33 bits per heavy atom. The molecule has 0 fully saturated rings. The Bertz CT molecular complexity index is 841. The van der Waals surface area contributed by atoms with Gasteiger partial charge in [0.2, 0.25) is 0 Å². The number of pyridine rings is 1. The van der Waals surface area contributed by atoms with Gasteiger partial charge in [0.25, 0.3) is 0 Å². The summed E-state index contributed by atoms with van der Waals surface area (Å²) in [6.45, 7) is 0. The van der Waals surface area contributed by atoms with Crippen LogP contribution in [0.4, 0.5) is 13.2 Å². The van der Waals surface area contributed by atoms with E-state index in [0.29, 0.717) is 11.6 Å². The van der Waals surface area contributed by atoms with E-state index in [-0.39, 0.29) is 16.4 Å². The van der Waals surface area contributed by atoms with Crippen molar-refractivity contribution in [1.82, 2.24) is 4.98 Å². The maximum Gasteiger partial charge on any atom is 0.433 e. The van der Waals surface area contributed by atoms with Crippen LogP contribution in [0, 0.1) is 16.7 Å². The van der Waals surface area contributed by atoms with Crippen molar-refractivity contribution in [2.75, 3.05) is 0 Å². The number of benzene rings is 1. The Balaban J connectivity index is 2.66. The van der Waals surface area contributed by atoms with Gasteiger partial charge in [-0.2, -0.15) is 18.4 Å². The van der Waals surface area contributed by atoms with E-state index in [4.69, 9.17) is 10.7 Å². The third kappa shape index (κ3) is 2.84. The van der Waals surface area contributed by atoms with E-state index >= 15 is 0 Å². The average Bonchev–Trinajstić information content (AvgIpc) is 2.43. The van der Waals surface area contributed by atoms with Crippen molar-refractivity contribution in [2.45, 2.75) is 6.18 Å². The van der Waals surface area contributed by atoms with Crippen LogP contribution >= 0.6 is 0 Å². The van der Waals surface area contributed by atoms with Gasteiger partial charge >= 0.3 is 6.18 Å². The summed E-state index contributed by atoms with van der Waals surface area (Å²) in [5.41, 5.74) is -2.12. The van der Waals surface area contributed by atoms with Crippen molar-refractivity contribution < 1.29 is 13.2 Å². The van der Waals surface area contributed by atoms with Gasteiger partial charge in [0.05, 0.1) is 6.07 Å². The maximum atomic E-state index is 12.7. The lowest BCUT2D eigenvalue weighted by Gasteiger charge is -2.12. The molecule has 0 spiro atoms. The second-order valence-corrected chi connectivity index (χ2v) is 4.16. The SMILES string of the molecule is N#C/C=C(\C(=N)C(F)(F)F)c1ccc2[nH]ccc(=O)c2c1. The highest BCUT2D eigenvalue weighted by Crippen LogP contribution is 2.28. The molecule has 1 heterocycles. The number of nitrogens with zero attached hydrogens (tertiary/aromatic N) is 1. The molecule has 7 heteroatoms. The van der Waals surface area contributed by atoms with E-state index in [1.807, 2.05) is 0 Å². The molecule has 0 unspecified atom stereocenters. The van der Waals surface area contributed by atoms with Crippen LogP contribution in [-0.4, -0.2) is 16.9 Å². The molecule has 106 valence electrons. The number of halogens is 3. The molecular weight excluding hydrogens is 283 g/mol. The molecule has 0 saturated carbocycles. The molecule has 1 aromatic heterocycles. The molecule has 0 amide bonds. The van der Waals surface area contributed by atoms with Crippen molar-refractivity contribution in [3.63, 3.8) is 0 Å². The number of allylic oxidation sites excluding steroid dienone is 2. The fourth-order valence-corrected chi connectivity index (χ4v) is 1.86. The molecule has 1 aromatic carbocycles. The van der Waals surface area contributed by atoms with Gasteiger partial charge in [0.1, 0.15) is 5.71 Å². The lowest BCUT2D eigenvalue weighted by Crippen LogP contribution is -2.23. The molecule has 0 aliphatic rings. The summed E-state index contributed by atoms with van der Waals surface area (Å²) in [5, 5.41) is 16.0. The summed E-state index contributed by atoms with van der Waals surface area (Å²) in [4.78, 5) is 14.5. The number of H-pyrrole nitrogens is 1. The molecule has 2 rings (SSSR count). The molecule has 0 aliphatic heterocycles.